The fourth-order valence-corrected chi connectivity index (χ4v) is 3.17. The molecule has 27 heavy (non-hydrogen) atoms. The molecule has 1 aromatic heterocycles. The number of halogens is 2. The van der Waals surface area contributed by atoms with Crippen molar-refractivity contribution in [3.8, 4) is 11.5 Å². The number of carbonyl (C=O) groups excluding carboxylic acids is 1. The number of rotatable bonds is 3. The minimum Gasteiger partial charge on any atom is -0.436 e. The van der Waals surface area contributed by atoms with E-state index in [-0.39, 0.29) is 5.91 Å². The van der Waals surface area contributed by atoms with Crippen LogP contribution in [0.15, 0.2) is 65.1 Å². The smallest absolute Gasteiger partial charge is 0.255 e. The van der Waals surface area contributed by atoms with E-state index in [1.54, 1.807) is 42.5 Å². The normalized spacial score (nSPS) is 10.9. The predicted molar refractivity (Wildman–Crippen MR) is 109 cm³/mol. The van der Waals surface area contributed by atoms with E-state index in [9.17, 15) is 4.79 Å². The molecule has 0 spiro atoms. The van der Waals surface area contributed by atoms with Gasteiger partial charge in [0.05, 0.1) is 10.6 Å². The van der Waals surface area contributed by atoms with Crippen LogP contribution >= 0.6 is 23.2 Å². The molecule has 4 nitrogen and oxygen atoms in total. The summed E-state index contributed by atoms with van der Waals surface area (Å²) in [6.07, 6.45) is 0. The van der Waals surface area contributed by atoms with Crippen LogP contribution in [0.3, 0.4) is 0 Å². The summed E-state index contributed by atoms with van der Waals surface area (Å²) in [4.78, 5) is 17.0. The number of fused-ring (bicyclic) bond motifs is 1. The lowest BCUT2D eigenvalue weighted by Crippen LogP contribution is -2.13. The average Bonchev–Trinajstić information content (AvgIpc) is 3.06. The van der Waals surface area contributed by atoms with Crippen molar-refractivity contribution >= 4 is 45.9 Å². The standard InChI is InChI=1S/C21H14Cl2N2O2/c1-12-4-2-3-5-15(12)20(26)24-14-7-8-17(23)16(11-14)21-25-18-10-13(22)6-9-19(18)27-21/h2-11H,1H3,(H,24,26). The minimum absolute atomic E-state index is 0.189. The van der Waals surface area contributed by atoms with Crippen molar-refractivity contribution < 1.29 is 9.21 Å². The first-order valence-corrected chi connectivity index (χ1v) is 9.00. The molecule has 1 N–H and O–H groups in total. The Morgan fingerprint density at radius 2 is 1.85 bits per heavy atom. The minimum atomic E-state index is -0.189. The van der Waals surface area contributed by atoms with Gasteiger partial charge in [-0.25, -0.2) is 4.98 Å². The molecule has 134 valence electrons. The molecule has 0 unspecified atom stereocenters. The van der Waals surface area contributed by atoms with Crippen LogP contribution in [-0.2, 0) is 0 Å². The van der Waals surface area contributed by atoms with Crippen LogP contribution < -0.4 is 5.32 Å². The fraction of sp³-hybridized carbons (Fsp3) is 0.0476. The molecule has 0 aliphatic carbocycles. The van der Waals surface area contributed by atoms with Crippen molar-refractivity contribution in [2.24, 2.45) is 0 Å². The number of hydrogen-bond acceptors (Lipinski definition) is 3. The Hall–Kier alpha value is -2.82. The Labute approximate surface area is 165 Å². The molecule has 4 rings (SSSR count). The monoisotopic (exact) mass is 396 g/mol. The summed E-state index contributed by atoms with van der Waals surface area (Å²) in [6, 6.07) is 17.8. The van der Waals surface area contributed by atoms with Crippen LogP contribution in [-0.4, -0.2) is 10.9 Å². The van der Waals surface area contributed by atoms with E-state index in [4.69, 9.17) is 27.6 Å². The van der Waals surface area contributed by atoms with E-state index in [1.807, 2.05) is 25.1 Å². The number of carbonyl (C=O) groups is 1. The Morgan fingerprint density at radius 3 is 2.67 bits per heavy atom. The third-order valence-corrected chi connectivity index (χ3v) is 4.76. The molecule has 0 bridgehead atoms. The number of aryl methyl sites for hydroxylation is 1. The molecule has 0 atom stereocenters. The number of nitrogens with zero attached hydrogens (tertiary/aromatic N) is 1. The van der Waals surface area contributed by atoms with Gasteiger partial charge in [-0.1, -0.05) is 41.4 Å². The van der Waals surface area contributed by atoms with Crippen LogP contribution in [0.1, 0.15) is 15.9 Å². The summed E-state index contributed by atoms with van der Waals surface area (Å²) in [5, 5.41) is 3.94. The first kappa shape index (κ1) is 17.6. The van der Waals surface area contributed by atoms with E-state index >= 15 is 0 Å². The number of nitrogens with one attached hydrogen (secondary N) is 1. The molecular weight excluding hydrogens is 383 g/mol. The summed E-state index contributed by atoms with van der Waals surface area (Å²) in [7, 11) is 0. The zero-order valence-electron chi connectivity index (χ0n) is 14.3. The zero-order chi connectivity index (χ0) is 19.0. The summed E-state index contributed by atoms with van der Waals surface area (Å²) < 4.78 is 5.79. The van der Waals surface area contributed by atoms with Gasteiger partial charge >= 0.3 is 0 Å². The predicted octanol–water partition coefficient (Wildman–Crippen LogP) is 6.36. The second-order valence-corrected chi connectivity index (χ2v) is 6.94. The molecule has 0 saturated heterocycles. The fourth-order valence-electron chi connectivity index (χ4n) is 2.81. The first-order valence-electron chi connectivity index (χ1n) is 8.24. The lowest BCUT2D eigenvalue weighted by molar-refractivity contribution is 0.102. The van der Waals surface area contributed by atoms with Crippen molar-refractivity contribution in [2.75, 3.05) is 5.32 Å². The maximum atomic E-state index is 12.5. The van der Waals surface area contributed by atoms with Gasteiger partial charge in [0.15, 0.2) is 5.58 Å². The molecule has 0 fully saturated rings. The highest BCUT2D eigenvalue weighted by Gasteiger charge is 2.15. The van der Waals surface area contributed by atoms with E-state index in [0.29, 0.717) is 43.9 Å². The molecule has 1 heterocycles. The van der Waals surface area contributed by atoms with Crippen molar-refractivity contribution in [3.63, 3.8) is 0 Å². The highest BCUT2D eigenvalue weighted by atomic mass is 35.5. The summed E-state index contributed by atoms with van der Waals surface area (Å²) >= 11 is 12.3. The lowest BCUT2D eigenvalue weighted by atomic mass is 10.1. The molecule has 0 radical (unpaired) electrons. The maximum Gasteiger partial charge on any atom is 0.255 e. The number of aromatic nitrogens is 1. The Kier molecular flexibility index (Phi) is 4.60. The van der Waals surface area contributed by atoms with Gasteiger partial charge in [0.2, 0.25) is 5.89 Å². The summed E-state index contributed by atoms with van der Waals surface area (Å²) in [5.41, 5.74) is 3.96. The topological polar surface area (TPSA) is 55.1 Å². The van der Waals surface area contributed by atoms with Gasteiger partial charge in [-0.3, -0.25) is 4.79 Å². The highest BCUT2D eigenvalue weighted by Crippen LogP contribution is 2.33. The van der Waals surface area contributed by atoms with Crippen molar-refractivity contribution in [1.82, 2.24) is 4.98 Å². The van der Waals surface area contributed by atoms with E-state index < -0.39 is 0 Å². The van der Waals surface area contributed by atoms with E-state index in [0.717, 1.165) is 5.56 Å². The van der Waals surface area contributed by atoms with Gasteiger partial charge in [-0.05, 0) is 55.0 Å². The van der Waals surface area contributed by atoms with E-state index in [2.05, 4.69) is 10.3 Å². The number of oxazole rings is 1. The molecule has 0 saturated carbocycles. The van der Waals surface area contributed by atoms with Gasteiger partial charge in [-0.2, -0.15) is 0 Å². The van der Waals surface area contributed by atoms with Crippen LogP contribution in [0.2, 0.25) is 10.0 Å². The molecule has 1 amide bonds. The molecular formula is C21H14Cl2N2O2. The Balaban J connectivity index is 1.68. The number of amides is 1. The maximum absolute atomic E-state index is 12.5. The van der Waals surface area contributed by atoms with Gasteiger partial charge in [-0.15, -0.1) is 0 Å². The second-order valence-electron chi connectivity index (χ2n) is 6.09. The van der Waals surface area contributed by atoms with Crippen LogP contribution in [0.4, 0.5) is 5.69 Å². The van der Waals surface area contributed by atoms with Gasteiger partial charge in [0.1, 0.15) is 5.52 Å². The summed E-state index contributed by atoms with van der Waals surface area (Å²) in [6.45, 7) is 1.89. The Bertz CT molecular complexity index is 1170. The van der Waals surface area contributed by atoms with Gasteiger partial charge in [0, 0.05) is 16.3 Å². The third kappa shape index (κ3) is 3.54. The largest absolute Gasteiger partial charge is 0.436 e. The first-order chi connectivity index (χ1) is 13.0. The SMILES string of the molecule is Cc1ccccc1C(=O)Nc1ccc(Cl)c(-c2nc3cc(Cl)ccc3o2)c1. The van der Waals surface area contributed by atoms with Crippen molar-refractivity contribution in [1.29, 1.82) is 0 Å². The number of benzene rings is 3. The van der Waals surface area contributed by atoms with Crippen LogP contribution in [0.25, 0.3) is 22.6 Å². The quantitative estimate of drug-likeness (QED) is 0.438. The molecule has 3 aromatic carbocycles. The van der Waals surface area contributed by atoms with Crippen molar-refractivity contribution in [2.45, 2.75) is 6.92 Å². The number of anilines is 1. The van der Waals surface area contributed by atoms with Gasteiger partial charge < -0.3 is 9.73 Å². The van der Waals surface area contributed by atoms with Crippen molar-refractivity contribution in [3.05, 3.63) is 81.8 Å². The second kappa shape index (κ2) is 7.06. The van der Waals surface area contributed by atoms with Crippen LogP contribution in [0.5, 0.6) is 0 Å². The average molecular weight is 397 g/mol. The third-order valence-electron chi connectivity index (χ3n) is 4.19. The molecule has 4 aromatic rings. The zero-order valence-corrected chi connectivity index (χ0v) is 15.8. The molecule has 0 aliphatic rings. The lowest BCUT2D eigenvalue weighted by Gasteiger charge is -2.09. The highest BCUT2D eigenvalue weighted by molar-refractivity contribution is 6.33. The molecule has 0 aliphatic heterocycles. The number of hydrogen-bond donors (Lipinski definition) is 1. The van der Waals surface area contributed by atoms with Crippen LogP contribution in [0, 0.1) is 6.92 Å². The van der Waals surface area contributed by atoms with E-state index in [1.165, 1.54) is 0 Å². The van der Waals surface area contributed by atoms with Gasteiger partial charge in [0.25, 0.3) is 5.91 Å². The molecule has 6 heteroatoms. The summed E-state index contributed by atoms with van der Waals surface area (Å²) in [5.74, 6) is 0.176. The Morgan fingerprint density at radius 1 is 1.04 bits per heavy atom.